The van der Waals surface area contributed by atoms with E-state index in [9.17, 15) is 14.4 Å². The molecule has 78 valence electrons. The van der Waals surface area contributed by atoms with Gasteiger partial charge in [-0.05, 0) is 20.3 Å². The molecule has 0 spiro atoms. The molecular weight excluding hydrogens is 182 g/mol. The molecule has 1 heterocycles. The lowest BCUT2D eigenvalue weighted by Crippen LogP contribution is -2.33. The minimum absolute atomic E-state index is 0.360. The summed E-state index contributed by atoms with van der Waals surface area (Å²) in [5.74, 6) is -1.59. The van der Waals surface area contributed by atoms with E-state index in [1.54, 1.807) is 0 Å². The number of hydrogen-bond donors (Lipinski definition) is 0. The molecule has 1 aliphatic heterocycles. The lowest BCUT2D eigenvalue weighted by Gasteiger charge is -2.15. The fourth-order valence-electron chi connectivity index (χ4n) is 1.44. The number of rotatable bonds is 3. The van der Waals surface area contributed by atoms with Crippen LogP contribution in [-0.2, 0) is 14.4 Å². The maximum atomic E-state index is 11.6. The van der Waals surface area contributed by atoms with Gasteiger partial charge in [0.1, 0.15) is 5.41 Å². The van der Waals surface area contributed by atoms with E-state index in [1.165, 1.54) is 13.8 Å². The van der Waals surface area contributed by atoms with Crippen LogP contribution < -0.4 is 0 Å². The Hall–Kier alpha value is -1.19. The number of likely N-dealkylation sites (tertiary alicyclic amines) is 1. The van der Waals surface area contributed by atoms with Gasteiger partial charge in [-0.3, -0.25) is 19.3 Å². The maximum absolute atomic E-state index is 11.6. The quantitative estimate of drug-likeness (QED) is 0.381. The molecule has 0 radical (unpaired) electrons. The average Bonchev–Trinajstić information content (AvgIpc) is 2.28. The van der Waals surface area contributed by atoms with E-state index in [0.717, 1.165) is 17.7 Å². The van der Waals surface area contributed by atoms with Gasteiger partial charge >= 0.3 is 0 Å². The highest BCUT2D eigenvalue weighted by atomic mass is 16.2. The molecule has 1 saturated heterocycles. The lowest BCUT2D eigenvalue weighted by molar-refractivity contribution is -0.143. The number of unbranched alkanes of at least 4 members (excludes halogenated alkanes) is 1. The third-order valence-corrected chi connectivity index (χ3v) is 2.52. The van der Waals surface area contributed by atoms with E-state index in [2.05, 4.69) is 0 Å². The Labute approximate surface area is 83.3 Å². The van der Waals surface area contributed by atoms with E-state index in [1.807, 2.05) is 6.92 Å². The van der Waals surface area contributed by atoms with Gasteiger partial charge in [-0.25, -0.2) is 0 Å². The van der Waals surface area contributed by atoms with Crippen LogP contribution in [0.3, 0.4) is 0 Å². The van der Waals surface area contributed by atoms with Gasteiger partial charge in [0.2, 0.25) is 11.7 Å². The van der Waals surface area contributed by atoms with Crippen LogP contribution in [0.4, 0.5) is 0 Å². The standard InChI is InChI=1S/C10H15NO3/c1-4-5-6-11-8(13)7(12)10(2,3)9(11)14/h4-6H2,1-3H3. The molecule has 4 heteroatoms. The van der Waals surface area contributed by atoms with Gasteiger partial charge < -0.3 is 0 Å². The molecule has 0 bridgehead atoms. The highest BCUT2D eigenvalue weighted by Crippen LogP contribution is 2.28. The number of ketones is 1. The summed E-state index contributed by atoms with van der Waals surface area (Å²) in [4.78, 5) is 35.5. The SMILES string of the molecule is CCCCN1C(=O)C(=O)C(C)(C)C1=O. The number of nitrogens with zero attached hydrogens (tertiary/aromatic N) is 1. The van der Waals surface area contributed by atoms with Crippen molar-refractivity contribution >= 4 is 17.6 Å². The number of carbonyl (C=O) groups is 3. The second-order valence-corrected chi connectivity index (χ2v) is 4.07. The minimum Gasteiger partial charge on any atom is -0.287 e. The van der Waals surface area contributed by atoms with Gasteiger partial charge in [-0.15, -0.1) is 0 Å². The number of carbonyl (C=O) groups excluding carboxylic acids is 3. The van der Waals surface area contributed by atoms with Crippen LogP contribution in [0.25, 0.3) is 0 Å². The molecule has 0 aromatic rings. The van der Waals surface area contributed by atoms with Crippen molar-refractivity contribution in [1.29, 1.82) is 0 Å². The molecule has 1 rings (SSSR count). The Balaban J connectivity index is 2.85. The molecule has 0 N–H and O–H groups in total. The lowest BCUT2D eigenvalue weighted by atomic mass is 9.90. The number of imide groups is 1. The summed E-state index contributed by atoms with van der Waals surface area (Å²) in [6.07, 6.45) is 1.65. The zero-order valence-corrected chi connectivity index (χ0v) is 8.79. The van der Waals surface area contributed by atoms with Crippen molar-refractivity contribution in [3.8, 4) is 0 Å². The van der Waals surface area contributed by atoms with Crippen molar-refractivity contribution in [2.24, 2.45) is 5.41 Å². The molecule has 2 amide bonds. The first-order chi connectivity index (χ1) is 6.42. The Morgan fingerprint density at radius 2 is 1.79 bits per heavy atom. The smallest absolute Gasteiger partial charge is 0.287 e. The van der Waals surface area contributed by atoms with Gasteiger partial charge in [0.25, 0.3) is 5.91 Å². The Kier molecular flexibility index (Phi) is 2.73. The first-order valence-corrected chi connectivity index (χ1v) is 4.83. The predicted molar refractivity (Wildman–Crippen MR) is 50.4 cm³/mol. The highest BCUT2D eigenvalue weighted by Gasteiger charge is 2.52. The van der Waals surface area contributed by atoms with Crippen LogP contribution in [0.5, 0.6) is 0 Å². The van der Waals surface area contributed by atoms with Crippen LogP contribution >= 0.6 is 0 Å². The first kappa shape index (κ1) is 10.9. The van der Waals surface area contributed by atoms with Gasteiger partial charge in [-0.2, -0.15) is 0 Å². The first-order valence-electron chi connectivity index (χ1n) is 4.83. The van der Waals surface area contributed by atoms with E-state index in [4.69, 9.17) is 0 Å². The third-order valence-electron chi connectivity index (χ3n) is 2.52. The molecule has 0 aliphatic carbocycles. The van der Waals surface area contributed by atoms with Crippen molar-refractivity contribution < 1.29 is 14.4 Å². The fourth-order valence-corrected chi connectivity index (χ4v) is 1.44. The van der Waals surface area contributed by atoms with Crippen molar-refractivity contribution in [3.63, 3.8) is 0 Å². The molecule has 0 aromatic heterocycles. The van der Waals surface area contributed by atoms with Crippen molar-refractivity contribution in [1.82, 2.24) is 4.90 Å². The summed E-state index contributed by atoms with van der Waals surface area (Å²) in [5, 5.41) is 0. The molecular formula is C10H15NO3. The van der Waals surface area contributed by atoms with Crippen molar-refractivity contribution in [2.45, 2.75) is 33.6 Å². The third kappa shape index (κ3) is 1.45. The van der Waals surface area contributed by atoms with Crippen molar-refractivity contribution in [2.75, 3.05) is 6.54 Å². The number of Topliss-reactive ketones (excluding diaryl/α,β-unsaturated/α-hetero) is 1. The summed E-state index contributed by atoms with van der Waals surface area (Å²) < 4.78 is 0. The van der Waals surface area contributed by atoms with Gasteiger partial charge in [0, 0.05) is 6.54 Å². The Morgan fingerprint density at radius 1 is 1.21 bits per heavy atom. The van der Waals surface area contributed by atoms with E-state index in [0.29, 0.717) is 6.54 Å². The Bertz CT molecular complexity index is 294. The number of amides is 2. The van der Waals surface area contributed by atoms with Crippen LogP contribution in [0.2, 0.25) is 0 Å². The molecule has 0 aromatic carbocycles. The summed E-state index contributed by atoms with van der Waals surface area (Å²) in [7, 11) is 0. The van der Waals surface area contributed by atoms with Gasteiger partial charge in [0.05, 0.1) is 0 Å². The topological polar surface area (TPSA) is 54.5 Å². The van der Waals surface area contributed by atoms with E-state index in [-0.39, 0.29) is 5.91 Å². The summed E-state index contributed by atoms with van der Waals surface area (Å²) >= 11 is 0. The van der Waals surface area contributed by atoms with Crippen molar-refractivity contribution in [3.05, 3.63) is 0 Å². The second-order valence-electron chi connectivity index (χ2n) is 4.07. The predicted octanol–water partition coefficient (Wildman–Crippen LogP) is 0.751. The van der Waals surface area contributed by atoms with Crippen LogP contribution in [0, 0.1) is 5.41 Å². The zero-order valence-electron chi connectivity index (χ0n) is 8.79. The minimum atomic E-state index is -1.15. The second kappa shape index (κ2) is 3.52. The molecule has 0 atom stereocenters. The van der Waals surface area contributed by atoms with Crippen LogP contribution in [0.1, 0.15) is 33.6 Å². The summed E-state index contributed by atoms with van der Waals surface area (Å²) in [5.41, 5.74) is -1.15. The molecule has 4 nitrogen and oxygen atoms in total. The largest absolute Gasteiger partial charge is 0.297 e. The molecule has 0 unspecified atom stereocenters. The molecule has 0 saturated carbocycles. The monoisotopic (exact) mass is 197 g/mol. The number of hydrogen-bond acceptors (Lipinski definition) is 3. The van der Waals surface area contributed by atoms with E-state index < -0.39 is 17.1 Å². The highest BCUT2D eigenvalue weighted by molar-refractivity contribution is 6.49. The average molecular weight is 197 g/mol. The molecule has 1 fully saturated rings. The summed E-state index contributed by atoms with van der Waals surface area (Å²) in [6.45, 7) is 5.34. The normalized spacial score (nSPS) is 20.8. The molecule has 14 heavy (non-hydrogen) atoms. The summed E-state index contributed by atoms with van der Waals surface area (Å²) in [6, 6.07) is 0. The fraction of sp³-hybridized carbons (Fsp3) is 0.700. The van der Waals surface area contributed by atoms with Gasteiger partial charge in [-0.1, -0.05) is 13.3 Å². The molecule has 1 aliphatic rings. The Morgan fingerprint density at radius 3 is 2.14 bits per heavy atom. The van der Waals surface area contributed by atoms with E-state index >= 15 is 0 Å². The van der Waals surface area contributed by atoms with Crippen LogP contribution in [0.15, 0.2) is 0 Å². The van der Waals surface area contributed by atoms with Gasteiger partial charge in [0.15, 0.2) is 0 Å². The zero-order chi connectivity index (χ0) is 10.9. The van der Waals surface area contributed by atoms with Crippen LogP contribution in [-0.4, -0.2) is 29.0 Å². The maximum Gasteiger partial charge on any atom is 0.297 e.